The van der Waals surface area contributed by atoms with E-state index in [4.69, 9.17) is 11.5 Å². The van der Waals surface area contributed by atoms with Crippen molar-refractivity contribution in [3.63, 3.8) is 0 Å². The van der Waals surface area contributed by atoms with E-state index in [0.29, 0.717) is 0 Å². The summed E-state index contributed by atoms with van der Waals surface area (Å²) in [5.74, 6) is -0.00642. The van der Waals surface area contributed by atoms with Gasteiger partial charge in [0.05, 0.1) is 5.71 Å². The molecular formula is C10H11BrN4. The number of hydrogen-bond donors (Lipinski definition) is 2. The van der Waals surface area contributed by atoms with Crippen molar-refractivity contribution in [1.82, 2.24) is 0 Å². The highest BCUT2D eigenvalue weighted by Gasteiger charge is 2.17. The molecule has 0 saturated carbocycles. The lowest BCUT2D eigenvalue weighted by atomic mass is 10.1. The van der Waals surface area contributed by atoms with Gasteiger partial charge in [0.25, 0.3) is 0 Å². The monoisotopic (exact) mass is 266 g/mol. The predicted molar refractivity (Wildman–Crippen MR) is 64.8 cm³/mol. The molecule has 0 amide bonds. The van der Waals surface area contributed by atoms with Gasteiger partial charge >= 0.3 is 0 Å². The van der Waals surface area contributed by atoms with Crippen LogP contribution in [0, 0.1) is 0 Å². The second-order valence-electron chi connectivity index (χ2n) is 3.37. The summed E-state index contributed by atoms with van der Waals surface area (Å²) in [6, 6.07) is 6.13. The number of fused-ring (bicyclic) bond motifs is 1. The Morgan fingerprint density at radius 2 is 2.07 bits per heavy atom. The van der Waals surface area contributed by atoms with Crippen molar-refractivity contribution in [2.45, 2.75) is 12.8 Å². The fraction of sp³-hybridized carbons (Fsp3) is 0.200. The fourth-order valence-corrected chi connectivity index (χ4v) is 2.07. The fourth-order valence-electron chi connectivity index (χ4n) is 1.66. The Kier molecular flexibility index (Phi) is 2.73. The number of nitrogens with two attached hydrogens (primary N) is 2. The van der Waals surface area contributed by atoms with Gasteiger partial charge in [-0.1, -0.05) is 22.0 Å². The molecule has 15 heavy (non-hydrogen) atoms. The molecule has 0 aromatic heterocycles. The number of rotatable bonds is 1. The molecule has 78 valence electrons. The highest BCUT2D eigenvalue weighted by molar-refractivity contribution is 9.10. The van der Waals surface area contributed by atoms with Gasteiger partial charge in [0.1, 0.15) is 0 Å². The van der Waals surface area contributed by atoms with Crippen LogP contribution in [0.15, 0.2) is 32.9 Å². The highest BCUT2D eigenvalue weighted by atomic mass is 79.9. The first-order valence-electron chi connectivity index (χ1n) is 4.61. The van der Waals surface area contributed by atoms with E-state index in [2.05, 4.69) is 32.2 Å². The van der Waals surface area contributed by atoms with Crippen LogP contribution in [-0.4, -0.2) is 11.7 Å². The molecule has 0 saturated heterocycles. The standard InChI is InChI=1S/C10H11BrN4/c11-7-2-3-8-6(5-7)1-4-9(8)14-15-10(12)13/h2-3,5H,1,4H2,(H4,12,13,15)/b14-9-. The zero-order valence-electron chi connectivity index (χ0n) is 8.07. The van der Waals surface area contributed by atoms with Gasteiger partial charge in [0.2, 0.25) is 5.96 Å². The molecule has 0 aliphatic heterocycles. The van der Waals surface area contributed by atoms with Crippen molar-refractivity contribution in [1.29, 1.82) is 0 Å². The molecule has 4 nitrogen and oxygen atoms in total. The van der Waals surface area contributed by atoms with Crippen LogP contribution >= 0.6 is 15.9 Å². The lowest BCUT2D eigenvalue weighted by Gasteiger charge is -1.98. The Bertz CT molecular complexity index is 447. The minimum atomic E-state index is -0.00642. The Hall–Kier alpha value is -1.36. The van der Waals surface area contributed by atoms with Gasteiger partial charge in [-0.2, -0.15) is 5.10 Å². The van der Waals surface area contributed by atoms with Crippen LogP contribution in [0.25, 0.3) is 0 Å². The van der Waals surface area contributed by atoms with Crippen LogP contribution in [0.4, 0.5) is 0 Å². The average Bonchev–Trinajstić information content (AvgIpc) is 2.57. The van der Waals surface area contributed by atoms with Crippen molar-refractivity contribution in [3.8, 4) is 0 Å². The lowest BCUT2D eigenvalue weighted by Crippen LogP contribution is -2.22. The van der Waals surface area contributed by atoms with Gasteiger partial charge in [-0.05, 0) is 30.5 Å². The zero-order valence-corrected chi connectivity index (χ0v) is 9.66. The van der Waals surface area contributed by atoms with Gasteiger partial charge in [0.15, 0.2) is 0 Å². The van der Waals surface area contributed by atoms with Crippen LogP contribution in [0.1, 0.15) is 17.5 Å². The molecule has 0 atom stereocenters. The maximum atomic E-state index is 5.23. The number of benzene rings is 1. The van der Waals surface area contributed by atoms with Gasteiger partial charge in [0, 0.05) is 10.0 Å². The van der Waals surface area contributed by atoms with Crippen molar-refractivity contribution in [2.75, 3.05) is 0 Å². The third-order valence-corrected chi connectivity index (χ3v) is 2.79. The third-order valence-electron chi connectivity index (χ3n) is 2.30. The van der Waals surface area contributed by atoms with E-state index in [9.17, 15) is 0 Å². The summed E-state index contributed by atoms with van der Waals surface area (Å²) in [4.78, 5) is 0. The first-order valence-corrected chi connectivity index (χ1v) is 5.40. The summed E-state index contributed by atoms with van der Waals surface area (Å²) in [6.07, 6.45) is 1.89. The average molecular weight is 267 g/mol. The van der Waals surface area contributed by atoms with Gasteiger partial charge in [-0.25, -0.2) is 0 Å². The molecule has 0 radical (unpaired) electrons. The van der Waals surface area contributed by atoms with Crippen LogP contribution in [0.2, 0.25) is 0 Å². The summed E-state index contributed by atoms with van der Waals surface area (Å²) in [5, 5.41) is 7.71. The molecule has 0 heterocycles. The second kappa shape index (κ2) is 4.02. The first kappa shape index (κ1) is 10.2. The van der Waals surface area contributed by atoms with E-state index in [1.807, 2.05) is 12.1 Å². The van der Waals surface area contributed by atoms with E-state index in [-0.39, 0.29) is 5.96 Å². The van der Waals surface area contributed by atoms with E-state index >= 15 is 0 Å². The molecule has 0 unspecified atom stereocenters. The van der Waals surface area contributed by atoms with E-state index in [1.165, 1.54) is 5.56 Å². The van der Waals surface area contributed by atoms with E-state index in [1.54, 1.807) is 0 Å². The highest BCUT2D eigenvalue weighted by Crippen LogP contribution is 2.25. The molecule has 1 aromatic rings. The Labute approximate surface area is 96.2 Å². The third kappa shape index (κ3) is 2.18. The van der Waals surface area contributed by atoms with Crippen molar-refractivity contribution in [2.24, 2.45) is 21.7 Å². The Morgan fingerprint density at radius 1 is 1.27 bits per heavy atom. The number of halogens is 1. The molecule has 4 N–H and O–H groups in total. The molecule has 0 spiro atoms. The summed E-state index contributed by atoms with van der Waals surface area (Å²) in [7, 11) is 0. The van der Waals surface area contributed by atoms with E-state index in [0.717, 1.165) is 28.6 Å². The topological polar surface area (TPSA) is 76.8 Å². The predicted octanol–water partition coefficient (Wildman–Crippen LogP) is 1.37. The largest absolute Gasteiger partial charge is 0.369 e. The molecule has 0 fully saturated rings. The molecule has 1 aromatic carbocycles. The first-order chi connectivity index (χ1) is 7.16. The molecular weight excluding hydrogens is 256 g/mol. The van der Waals surface area contributed by atoms with Crippen LogP contribution in [0.5, 0.6) is 0 Å². The minimum absolute atomic E-state index is 0.00642. The van der Waals surface area contributed by atoms with Gasteiger partial charge < -0.3 is 11.5 Å². The van der Waals surface area contributed by atoms with Crippen LogP contribution in [0.3, 0.4) is 0 Å². The molecule has 0 bridgehead atoms. The second-order valence-corrected chi connectivity index (χ2v) is 4.29. The van der Waals surface area contributed by atoms with Crippen molar-refractivity contribution >= 4 is 27.6 Å². The minimum Gasteiger partial charge on any atom is -0.369 e. The summed E-state index contributed by atoms with van der Waals surface area (Å²) in [5.41, 5.74) is 13.8. The Balaban J connectivity index is 2.37. The van der Waals surface area contributed by atoms with E-state index < -0.39 is 0 Å². The molecule has 5 heteroatoms. The molecule has 1 aliphatic carbocycles. The lowest BCUT2D eigenvalue weighted by molar-refractivity contribution is 1.08. The van der Waals surface area contributed by atoms with Crippen molar-refractivity contribution in [3.05, 3.63) is 33.8 Å². The number of nitrogens with zero attached hydrogens (tertiary/aromatic N) is 2. The number of hydrogen-bond acceptors (Lipinski definition) is 2. The van der Waals surface area contributed by atoms with Gasteiger partial charge in [-0.15, -0.1) is 5.10 Å². The summed E-state index contributed by atoms with van der Waals surface area (Å²) < 4.78 is 1.09. The van der Waals surface area contributed by atoms with Gasteiger partial charge in [-0.3, -0.25) is 0 Å². The number of aryl methyl sites for hydroxylation is 1. The quantitative estimate of drug-likeness (QED) is 0.458. The maximum absolute atomic E-state index is 5.23. The van der Waals surface area contributed by atoms with Crippen LogP contribution in [-0.2, 0) is 6.42 Å². The van der Waals surface area contributed by atoms with Crippen LogP contribution < -0.4 is 11.5 Å². The van der Waals surface area contributed by atoms with Crippen molar-refractivity contribution < 1.29 is 0 Å². The Morgan fingerprint density at radius 3 is 2.80 bits per heavy atom. The summed E-state index contributed by atoms with van der Waals surface area (Å²) >= 11 is 3.44. The number of guanidine groups is 1. The molecule has 2 rings (SSSR count). The maximum Gasteiger partial charge on any atom is 0.211 e. The zero-order chi connectivity index (χ0) is 10.8. The normalized spacial score (nSPS) is 16.5. The molecule has 1 aliphatic rings. The smallest absolute Gasteiger partial charge is 0.211 e. The SMILES string of the molecule is NC(N)=N/N=C1/CCc2cc(Br)ccc21. The summed E-state index contributed by atoms with van der Waals surface area (Å²) in [6.45, 7) is 0.